The number of hydrogen-bond acceptors (Lipinski definition) is 3. The fraction of sp³-hybridized carbons (Fsp3) is 0.833. The molecule has 0 amide bonds. The minimum absolute atomic E-state index is 0.433. The highest BCUT2D eigenvalue weighted by molar-refractivity contribution is 4.95. The van der Waals surface area contributed by atoms with Crippen molar-refractivity contribution < 1.29 is 5.11 Å². The van der Waals surface area contributed by atoms with Gasteiger partial charge in [-0.1, -0.05) is 6.92 Å². The molecule has 0 radical (unpaired) electrons. The monoisotopic (exact) mass is 305 g/mol. The smallest absolute Gasteiger partial charge is 0.108 e. The molecule has 22 heavy (non-hydrogen) atoms. The minimum atomic E-state index is -0.433. The quantitative estimate of drug-likeness (QED) is 0.929. The van der Waals surface area contributed by atoms with E-state index in [2.05, 4.69) is 28.4 Å². The summed E-state index contributed by atoms with van der Waals surface area (Å²) in [5.74, 6) is 2.66. The molecule has 1 aromatic heterocycles. The third kappa shape index (κ3) is 3.90. The summed E-state index contributed by atoms with van der Waals surface area (Å²) in [6.45, 7) is 5.44. The van der Waals surface area contributed by atoms with Crippen LogP contribution in [0.2, 0.25) is 0 Å². The van der Waals surface area contributed by atoms with Crippen molar-refractivity contribution in [3.63, 3.8) is 0 Å². The van der Waals surface area contributed by atoms with E-state index in [9.17, 15) is 5.11 Å². The van der Waals surface area contributed by atoms with Crippen molar-refractivity contribution in [2.75, 3.05) is 19.6 Å². The summed E-state index contributed by atoms with van der Waals surface area (Å²) >= 11 is 0. The van der Waals surface area contributed by atoms with Gasteiger partial charge in [-0.2, -0.15) is 0 Å². The first-order valence-corrected chi connectivity index (χ1v) is 8.95. The van der Waals surface area contributed by atoms with Crippen molar-refractivity contribution in [3.8, 4) is 0 Å². The first-order chi connectivity index (χ1) is 10.5. The summed E-state index contributed by atoms with van der Waals surface area (Å²) < 4.78 is 2.13. The van der Waals surface area contributed by atoms with E-state index >= 15 is 0 Å². The molecule has 0 bridgehead atoms. The second-order valence-electron chi connectivity index (χ2n) is 7.81. The maximum atomic E-state index is 10.9. The Hall–Kier alpha value is -0.870. The molecule has 1 saturated heterocycles. The lowest BCUT2D eigenvalue weighted by atomic mass is 9.79. The van der Waals surface area contributed by atoms with Gasteiger partial charge in [-0.15, -0.1) is 0 Å². The van der Waals surface area contributed by atoms with E-state index in [0.717, 1.165) is 44.8 Å². The summed E-state index contributed by atoms with van der Waals surface area (Å²) in [4.78, 5) is 6.97. The van der Waals surface area contributed by atoms with Gasteiger partial charge in [-0.05, 0) is 56.9 Å². The van der Waals surface area contributed by atoms with E-state index in [4.69, 9.17) is 0 Å². The second-order valence-corrected chi connectivity index (χ2v) is 7.81. The molecule has 2 fully saturated rings. The van der Waals surface area contributed by atoms with Crippen LogP contribution in [-0.4, -0.2) is 44.8 Å². The Kier molecular flexibility index (Phi) is 4.88. The van der Waals surface area contributed by atoms with Crippen molar-refractivity contribution in [2.45, 2.75) is 57.5 Å². The molecule has 0 aromatic carbocycles. The molecule has 1 saturated carbocycles. The van der Waals surface area contributed by atoms with Gasteiger partial charge in [0.05, 0.1) is 5.60 Å². The normalized spacial score (nSPS) is 34.0. The number of β-amino-alcohol motifs (C(OH)–C–C–N with tert-alkyl or cyclic N) is 1. The Morgan fingerprint density at radius 1 is 1.32 bits per heavy atom. The topological polar surface area (TPSA) is 41.3 Å². The number of aliphatic hydroxyl groups is 1. The number of piperidine rings is 1. The van der Waals surface area contributed by atoms with Crippen molar-refractivity contribution in [1.29, 1.82) is 0 Å². The fourth-order valence-corrected chi connectivity index (χ4v) is 4.19. The van der Waals surface area contributed by atoms with Gasteiger partial charge in [0, 0.05) is 39.0 Å². The highest BCUT2D eigenvalue weighted by atomic mass is 16.3. The zero-order chi connectivity index (χ0) is 15.6. The van der Waals surface area contributed by atoms with Crippen LogP contribution in [0, 0.1) is 11.8 Å². The molecule has 4 nitrogen and oxygen atoms in total. The maximum absolute atomic E-state index is 10.9. The van der Waals surface area contributed by atoms with Gasteiger partial charge in [0.25, 0.3) is 0 Å². The van der Waals surface area contributed by atoms with E-state index in [1.54, 1.807) is 0 Å². The Morgan fingerprint density at radius 2 is 2.09 bits per heavy atom. The Morgan fingerprint density at radius 3 is 2.77 bits per heavy atom. The van der Waals surface area contributed by atoms with E-state index in [1.165, 1.54) is 31.5 Å². The molecule has 2 aliphatic rings. The van der Waals surface area contributed by atoms with Crippen LogP contribution in [0.5, 0.6) is 0 Å². The first kappa shape index (κ1) is 16.0. The number of hydrogen-bond donors (Lipinski definition) is 1. The SMILES string of the molecule is CC1CCC(O)(CN2CCCC(Cc3nccn3C)C2)CC1. The molecule has 124 valence electrons. The standard InChI is InChI=1S/C18H31N3O/c1-15-5-7-18(22,8-6-15)14-21-10-3-4-16(13-21)12-17-19-9-11-20(17)2/h9,11,15-16,22H,3-8,10,12-14H2,1-2H3. The summed E-state index contributed by atoms with van der Waals surface area (Å²) in [6.07, 6.45) is 11.9. The van der Waals surface area contributed by atoms with Gasteiger partial charge in [-0.25, -0.2) is 4.98 Å². The molecular formula is C18H31N3O. The van der Waals surface area contributed by atoms with Crippen LogP contribution in [0.25, 0.3) is 0 Å². The van der Waals surface area contributed by atoms with Crippen LogP contribution in [0.4, 0.5) is 0 Å². The number of nitrogens with zero attached hydrogens (tertiary/aromatic N) is 3. The predicted octanol–water partition coefficient (Wildman–Crippen LogP) is 2.62. The molecule has 1 atom stereocenters. The molecule has 4 heteroatoms. The maximum Gasteiger partial charge on any atom is 0.108 e. The van der Waals surface area contributed by atoms with Crippen LogP contribution in [0.3, 0.4) is 0 Å². The van der Waals surface area contributed by atoms with E-state index in [1.807, 2.05) is 12.4 Å². The predicted molar refractivity (Wildman–Crippen MR) is 88.7 cm³/mol. The van der Waals surface area contributed by atoms with Crippen LogP contribution in [0.15, 0.2) is 12.4 Å². The number of aromatic nitrogens is 2. The molecule has 1 aliphatic carbocycles. The van der Waals surface area contributed by atoms with Gasteiger partial charge in [-0.3, -0.25) is 0 Å². The van der Waals surface area contributed by atoms with Crippen molar-refractivity contribution in [1.82, 2.24) is 14.5 Å². The minimum Gasteiger partial charge on any atom is -0.389 e. The highest BCUT2D eigenvalue weighted by Crippen LogP contribution is 2.33. The zero-order valence-electron chi connectivity index (χ0n) is 14.2. The average molecular weight is 305 g/mol. The van der Waals surface area contributed by atoms with Crippen LogP contribution < -0.4 is 0 Å². The summed E-state index contributed by atoms with van der Waals surface area (Å²) in [6, 6.07) is 0. The molecule has 3 rings (SSSR count). The Bertz CT molecular complexity index is 476. The lowest BCUT2D eigenvalue weighted by Gasteiger charge is -2.41. The zero-order valence-corrected chi connectivity index (χ0v) is 14.2. The van der Waals surface area contributed by atoms with Crippen LogP contribution >= 0.6 is 0 Å². The molecule has 1 unspecified atom stereocenters. The van der Waals surface area contributed by atoms with Gasteiger partial charge in [0.1, 0.15) is 5.82 Å². The molecular weight excluding hydrogens is 274 g/mol. The van der Waals surface area contributed by atoms with E-state index in [0.29, 0.717) is 5.92 Å². The Labute approximate surface area is 134 Å². The molecule has 1 aromatic rings. The lowest BCUT2D eigenvalue weighted by Crippen LogP contribution is -2.48. The lowest BCUT2D eigenvalue weighted by molar-refractivity contribution is -0.0424. The third-order valence-electron chi connectivity index (χ3n) is 5.72. The number of rotatable bonds is 4. The van der Waals surface area contributed by atoms with Crippen molar-refractivity contribution in [2.24, 2.45) is 18.9 Å². The summed E-state index contributed by atoms with van der Waals surface area (Å²) in [5.41, 5.74) is -0.433. The number of likely N-dealkylation sites (tertiary alicyclic amines) is 1. The van der Waals surface area contributed by atoms with E-state index < -0.39 is 5.60 Å². The largest absolute Gasteiger partial charge is 0.389 e. The summed E-state index contributed by atoms with van der Waals surface area (Å²) in [5, 5.41) is 10.9. The summed E-state index contributed by atoms with van der Waals surface area (Å²) in [7, 11) is 2.08. The van der Waals surface area contributed by atoms with E-state index in [-0.39, 0.29) is 0 Å². The van der Waals surface area contributed by atoms with Gasteiger partial charge in [0.15, 0.2) is 0 Å². The molecule has 1 aliphatic heterocycles. The van der Waals surface area contributed by atoms with Gasteiger partial charge >= 0.3 is 0 Å². The van der Waals surface area contributed by atoms with Crippen LogP contribution in [0.1, 0.15) is 51.3 Å². The van der Waals surface area contributed by atoms with Crippen molar-refractivity contribution >= 4 is 0 Å². The second kappa shape index (κ2) is 6.71. The van der Waals surface area contributed by atoms with Crippen LogP contribution in [-0.2, 0) is 13.5 Å². The van der Waals surface area contributed by atoms with Gasteiger partial charge < -0.3 is 14.6 Å². The molecule has 2 heterocycles. The molecule has 0 spiro atoms. The molecule has 1 N–H and O–H groups in total. The third-order valence-corrected chi connectivity index (χ3v) is 5.72. The fourth-order valence-electron chi connectivity index (χ4n) is 4.19. The van der Waals surface area contributed by atoms with Gasteiger partial charge in [0.2, 0.25) is 0 Å². The Balaban J connectivity index is 1.53. The average Bonchev–Trinajstić information content (AvgIpc) is 2.88. The first-order valence-electron chi connectivity index (χ1n) is 8.95. The van der Waals surface area contributed by atoms with Crippen molar-refractivity contribution in [3.05, 3.63) is 18.2 Å². The number of imidazole rings is 1. The highest BCUT2D eigenvalue weighted by Gasteiger charge is 2.34. The number of aryl methyl sites for hydroxylation is 1.